The number of aromatic nitrogens is 1. The van der Waals surface area contributed by atoms with Gasteiger partial charge < -0.3 is 14.1 Å². The van der Waals surface area contributed by atoms with E-state index in [-0.39, 0.29) is 29.1 Å². The van der Waals surface area contributed by atoms with Crippen LogP contribution in [-0.4, -0.2) is 21.9 Å². The van der Waals surface area contributed by atoms with Gasteiger partial charge in [0.2, 0.25) is 0 Å². The topological polar surface area (TPSA) is 165 Å². The molecule has 0 aliphatic carbocycles. The number of nitrogens with one attached hydrogen (secondary N) is 1. The van der Waals surface area contributed by atoms with E-state index in [1.165, 1.54) is 37.5 Å². The van der Waals surface area contributed by atoms with Crippen LogP contribution in [-0.2, 0) is 11.3 Å². The number of hydrogen-bond acceptors (Lipinski definition) is 8. The van der Waals surface area contributed by atoms with Crippen molar-refractivity contribution in [2.75, 3.05) is 7.11 Å². The summed E-state index contributed by atoms with van der Waals surface area (Å²) in [5.74, 6) is 0.701. The molecule has 2 aromatic heterocycles. The summed E-state index contributed by atoms with van der Waals surface area (Å²) in [6.07, 6.45) is 2.69. The van der Waals surface area contributed by atoms with Crippen LogP contribution in [0.15, 0.2) is 44.0 Å². The second-order valence-electron chi connectivity index (χ2n) is 6.33. The van der Waals surface area contributed by atoms with Crippen LogP contribution in [0.3, 0.4) is 0 Å². The molecule has 0 amide bonds. The van der Waals surface area contributed by atoms with Crippen molar-refractivity contribution >= 4 is 39.5 Å². The van der Waals surface area contributed by atoms with Crippen molar-refractivity contribution in [2.45, 2.75) is 6.61 Å². The molecular weight excluding hydrogens is 488 g/mol. The van der Waals surface area contributed by atoms with Crippen molar-refractivity contribution in [2.24, 2.45) is 0 Å². The van der Waals surface area contributed by atoms with E-state index in [4.69, 9.17) is 9.15 Å². The van der Waals surface area contributed by atoms with Crippen molar-refractivity contribution in [3.8, 4) is 17.4 Å². The Hall–Kier alpha value is -4.08. The first kappa shape index (κ1) is 22.6. The zero-order valence-electron chi connectivity index (χ0n) is 16.3. The highest BCUT2D eigenvalue weighted by molar-refractivity contribution is 9.10. The monoisotopic (exact) mass is 500 g/mol. The fourth-order valence-corrected chi connectivity index (χ4v) is 3.53. The van der Waals surface area contributed by atoms with E-state index in [9.17, 15) is 30.3 Å². The van der Waals surface area contributed by atoms with Gasteiger partial charge in [-0.3, -0.25) is 25.0 Å². The fraction of sp³-hybridized carbons (Fsp3) is 0.100. The van der Waals surface area contributed by atoms with Gasteiger partial charge >= 0.3 is 0 Å². The lowest BCUT2D eigenvalue weighted by atomic mass is 10.1. The number of hydrogen-bond donors (Lipinski definition) is 1. The summed E-state index contributed by atoms with van der Waals surface area (Å²) in [5, 5.41) is 31.7. The third kappa shape index (κ3) is 4.48. The number of H-pyrrole nitrogens is 1. The predicted molar refractivity (Wildman–Crippen MR) is 117 cm³/mol. The van der Waals surface area contributed by atoms with Crippen LogP contribution in [0.5, 0.6) is 0 Å². The molecule has 0 spiro atoms. The van der Waals surface area contributed by atoms with Crippen LogP contribution in [0.2, 0.25) is 0 Å². The summed E-state index contributed by atoms with van der Waals surface area (Å²) in [5.41, 5.74) is -1.40. The zero-order chi connectivity index (χ0) is 23.4. The first-order chi connectivity index (χ1) is 15.3. The van der Waals surface area contributed by atoms with E-state index in [1.807, 2.05) is 0 Å². The highest BCUT2D eigenvalue weighted by Crippen LogP contribution is 2.33. The Bertz CT molecular complexity index is 1350. The molecule has 0 radical (unpaired) electrons. The van der Waals surface area contributed by atoms with Gasteiger partial charge in [0.25, 0.3) is 16.9 Å². The number of benzene rings is 1. The van der Waals surface area contributed by atoms with Crippen LogP contribution in [0.4, 0.5) is 11.4 Å². The highest BCUT2D eigenvalue weighted by Gasteiger charge is 2.25. The number of pyridine rings is 1. The van der Waals surface area contributed by atoms with Crippen LogP contribution >= 0.6 is 15.9 Å². The molecule has 12 heteroatoms. The third-order valence-electron chi connectivity index (χ3n) is 4.37. The van der Waals surface area contributed by atoms with Crippen LogP contribution in [0.1, 0.15) is 22.6 Å². The average molecular weight is 501 g/mol. The van der Waals surface area contributed by atoms with Crippen LogP contribution < -0.4 is 5.56 Å². The molecule has 2 heterocycles. The van der Waals surface area contributed by atoms with E-state index >= 15 is 0 Å². The molecule has 3 aromatic rings. The van der Waals surface area contributed by atoms with E-state index < -0.39 is 21.1 Å². The van der Waals surface area contributed by atoms with Gasteiger partial charge in [0, 0.05) is 29.3 Å². The number of methoxy groups -OCH3 is 1. The molecule has 162 valence electrons. The number of ether oxygens (including phenoxy) is 1. The molecule has 0 saturated carbocycles. The molecule has 0 saturated heterocycles. The third-order valence-corrected chi connectivity index (χ3v) is 5.03. The lowest BCUT2D eigenvalue weighted by molar-refractivity contribution is -0.386. The van der Waals surface area contributed by atoms with Gasteiger partial charge in [0.15, 0.2) is 0 Å². The van der Waals surface area contributed by atoms with E-state index in [1.54, 1.807) is 18.2 Å². The molecule has 11 nitrogen and oxygen atoms in total. The summed E-state index contributed by atoms with van der Waals surface area (Å²) in [6, 6.07) is 9.07. The maximum atomic E-state index is 12.2. The Morgan fingerprint density at radius 3 is 2.56 bits per heavy atom. The molecule has 0 bridgehead atoms. The van der Waals surface area contributed by atoms with Crippen molar-refractivity contribution in [1.82, 2.24) is 4.98 Å². The molecule has 0 aliphatic rings. The smallest absolute Gasteiger partial charge is 0.299 e. The Kier molecular flexibility index (Phi) is 6.62. The largest absolute Gasteiger partial charge is 0.457 e. The molecule has 3 rings (SSSR count). The minimum absolute atomic E-state index is 0.0868. The zero-order valence-corrected chi connectivity index (χ0v) is 17.9. The van der Waals surface area contributed by atoms with Crippen LogP contribution in [0, 0.1) is 31.6 Å². The SMILES string of the molecule is COCc1c([N+](=O)[O-])c(/C=C/c2ccc(-c3ccc([N+](=O)[O-])cc3Br)o2)[nH]c(=O)c1C#N. The number of rotatable bonds is 7. The van der Waals surface area contributed by atoms with Crippen LogP contribution in [0.25, 0.3) is 23.5 Å². The average Bonchev–Trinajstić information content (AvgIpc) is 3.20. The second-order valence-corrected chi connectivity index (χ2v) is 7.18. The maximum absolute atomic E-state index is 12.2. The minimum atomic E-state index is -0.778. The van der Waals surface area contributed by atoms with E-state index in [2.05, 4.69) is 20.9 Å². The van der Waals surface area contributed by atoms with Gasteiger partial charge in [-0.1, -0.05) is 0 Å². The fourth-order valence-electron chi connectivity index (χ4n) is 2.96. The Balaban J connectivity index is 2.00. The normalized spacial score (nSPS) is 10.9. The summed E-state index contributed by atoms with van der Waals surface area (Å²) in [4.78, 5) is 35.8. The number of nitro benzene ring substituents is 1. The lowest BCUT2D eigenvalue weighted by Crippen LogP contribution is -2.18. The van der Waals surface area contributed by atoms with Crippen molar-refractivity contribution in [3.05, 3.63) is 88.0 Å². The highest BCUT2D eigenvalue weighted by atomic mass is 79.9. The summed E-state index contributed by atoms with van der Waals surface area (Å²) < 4.78 is 11.1. The molecule has 1 aromatic carbocycles. The first-order valence-corrected chi connectivity index (χ1v) is 9.61. The van der Waals surface area contributed by atoms with Gasteiger partial charge in [-0.15, -0.1) is 0 Å². The summed E-state index contributed by atoms with van der Waals surface area (Å²) in [7, 11) is 1.29. The molecular formula is C20H13BrN4O7. The number of furan rings is 1. The van der Waals surface area contributed by atoms with Gasteiger partial charge in [0.05, 0.1) is 22.0 Å². The summed E-state index contributed by atoms with van der Waals surface area (Å²) >= 11 is 3.27. The van der Waals surface area contributed by atoms with Crippen molar-refractivity contribution in [1.29, 1.82) is 5.26 Å². The lowest BCUT2D eigenvalue weighted by Gasteiger charge is -2.06. The molecule has 0 unspecified atom stereocenters. The Morgan fingerprint density at radius 2 is 1.97 bits per heavy atom. The number of nitriles is 1. The predicted octanol–water partition coefficient (Wildman–Crippen LogP) is 4.40. The molecule has 0 fully saturated rings. The molecule has 0 atom stereocenters. The molecule has 0 aliphatic heterocycles. The maximum Gasteiger partial charge on any atom is 0.299 e. The van der Waals surface area contributed by atoms with Crippen molar-refractivity contribution < 1.29 is 19.0 Å². The van der Waals surface area contributed by atoms with E-state index in [0.717, 1.165) is 0 Å². The van der Waals surface area contributed by atoms with Gasteiger partial charge in [-0.2, -0.15) is 5.26 Å². The number of nitrogens with zero attached hydrogens (tertiary/aromatic N) is 3. The molecule has 1 N–H and O–H groups in total. The minimum Gasteiger partial charge on any atom is -0.457 e. The van der Waals surface area contributed by atoms with Crippen molar-refractivity contribution in [3.63, 3.8) is 0 Å². The summed E-state index contributed by atoms with van der Waals surface area (Å²) in [6.45, 7) is -0.289. The Labute approximate surface area is 188 Å². The van der Waals surface area contributed by atoms with E-state index in [0.29, 0.717) is 21.6 Å². The second kappa shape index (κ2) is 9.38. The Morgan fingerprint density at radius 1 is 1.22 bits per heavy atom. The van der Waals surface area contributed by atoms with Gasteiger partial charge in [-0.05, 0) is 46.3 Å². The quantitative estimate of drug-likeness (QED) is 0.367. The van der Waals surface area contributed by atoms with Gasteiger partial charge in [-0.25, -0.2) is 0 Å². The number of aromatic amines is 1. The molecule has 32 heavy (non-hydrogen) atoms. The number of non-ortho nitro benzene ring substituents is 1. The number of nitro groups is 2. The first-order valence-electron chi connectivity index (χ1n) is 8.81. The number of halogens is 1. The standard InChI is InChI=1S/C20H13BrN4O7/c1-31-10-15-14(9-22)20(26)23-17(19(15)25(29)30)6-3-12-4-7-18(32-12)13-5-2-11(24(27)28)8-16(13)21/h2-8H,10H2,1H3,(H,23,26)/b6-3+. The van der Waals surface area contributed by atoms with Gasteiger partial charge in [0.1, 0.15) is 28.8 Å².